The molecule has 1 fully saturated rings. The Hall–Kier alpha value is -2.02. The van der Waals surface area contributed by atoms with E-state index in [9.17, 15) is 14.7 Å². The van der Waals surface area contributed by atoms with Crippen molar-refractivity contribution >= 4 is 34.6 Å². The number of benzene rings is 1. The summed E-state index contributed by atoms with van der Waals surface area (Å²) in [6.45, 7) is 2.50. The van der Waals surface area contributed by atoms with Gasteiger partial charge in [0.25, 0.3) is 5.91 Å². The van der Waals surface area contributed by atoms with Gasteiger partial charge in [0.05, 0.1) is 11.4 Å². The standard InChI is InChI=1S/C14H15N3O3S/c1-8-4-5-17(12(6-8)14(19)20)13(18)9-2-3-10-11(7-9)16-21-15-10/h2-3,7-8,12H,4-6H2,1H3,(H,19,20). The van der Waals surface area contributed by atoms with Gasteiger partial charge in [0, 0.05) is 12.1 Å². The van der Waals surface area contributed by atoms with Crippen LogP contribution in [-0.2, 0) is 16.1 Å². The van der Waals surface area contributed by atoms with Crippen molar-refractivity contribution in [1.29, 1.82) is 0 Å². The van der Waals surface area contributed by atoms with Gasteiger partial charge in [-0.25, -0.2) is 4.79 Å². The molecular formula is C14H15N3O3S. The first-order valence-electron chi connectivity index (χ1n) is 6.82. The van der Waals surface area contributed by atoms with Crippen LogP contribution in [0.3, 0.4) is 0 Å². The number of hydrogen-bond donors (Lipinski definition) is 1. The van der Waals surface area contributed by atoms with E-state index in [-0.39, 0.29) is 5.91 Å². The molecule has 3 rings (SSSR count). The molecule has 6 nitrogen and oxygen atoms in total. The van der Waals surface area contributed by atoms with E-state index >= 15 is 0 Å². The Labute approximate surface area is 125 Å². The molecule has 0 saturated carbocycles. The third-order valence-electron chi connectivity index (χ3n) is 3.91. The first-order valence-corrected chi connectivity index (χ1v) is 7.55. The summed E-state index contributed by atoms with van der Waals surface area (Å²) in [6, 6.07) is 4.36. The molecule has 2 aliphatic heterocycles. The highest BCUT2D eigenvalue weighted by Gasteiger charge is 2.35. The van der Waals surface area contributed by atoms with Crippen LogP contribution in [0.1, 0.15) is 30.1 Å². The monoisotopic (exact) mass is 305 g/mol. The number of hydrogen-bond acceptors (Lipinski definition) is 4. The minimum absolute atomic E-state index is 0.246. The van der Waals surface area contributed by atoms with Crippen LogP contribution < -0.4 is 0 Å². The fraction of sp³-hybridized carbons (Fsp3) is 0.429. The second-order valence-corrected chi connectivity index (χ2v) is 5.98. The molecule has 0 spiro atoms. The van der Waals surface area contributed by atoms with E-state index in [1.807, 2.05) is 6.92 Å². The average molecular weight is 305 g/mol. The van der Waals surface area contributed by atoms with Gasteiger partial charge in [-0.3, -0.25) is 4.79 Å². The topological polar surface area (TPSA) is 82.3 Å². The maximum Gasteiger partial charge on any atom is 0.326 e. The minimum Gasteiger partial charge on any atom is -0.480 e. The number of amides is 1. The van der Waals surface area contributed by atoms with E-state index < -0.39 is 12.0 Å². The van der Waals surface area contributed by atoms with Gasteiger partial charge in [-0.15, -0.1) is 0 Å². The number of fused-ring (bicyclic) bond motifs is 1. The fourth-order valence-electron chi connectivity index (χ4n) is 2.70. The minimum atomic E-state index is -0.939. The van der Waals surface area contributed by atoms with Crippen molar-refractivity contribution in [2.24, 2.45) is 14.6 Å². The Morgan fingerprint density at radius 3 is 2.86 bits per heavy atom. The Balaban J connectivity index is 1.87. The second-order valence-electron chi connectivity index (χ2n) is 5.45. The fourth-order valence-corrected chi connectivity index (χ4v) is 3.22. The lowest BCUT2D eigenvalue weighted by Gasteiger charge is -2.36. The number of carboxylic acid groups (broad SMARTS) is 1. The van der Waals surface area contributed by atoms with Gasteiger partial charge < -0.3 is 10.0 Å². The van der Waals surface area contributed by atoms with Crippen molar-refractivity contribution in [3.05, 3.63) is 23.8 Å². The zero-order chi connectivity index (χ0) is 15.0. The predicted molar refractivity (Wildman–Crippen MR) is 78.8 cm³/mol. The van der Waals surface area contributed by atoms with Gasteiger partial charge in [-0.1, -0.05) is 6.92 Å². The first kappa shape index (κ1) is 13.9. The number of aliphatic carboxylic acids is 1. The van der Waals surface area contributed by atoms with Crippen LogP contribution in [0, 0.1) is 5.92 Å². The zero-order valence-electron chi connectivity index (χ0n) is 11.5. The van der Waals surface area contributed by atoms with Crippen LogP contribution in [0.15, 0.2) is 26.9 Å². The van der Waals surface area contributed by atoms with Gasteiger partial charge in [-0.2, -0.15) is 8.73 Å². The molecule has 0 aliphatic carbocycles. The van der Waals surface area contributed by atoms with Crippen molar-refractivity contribution in [2.45, 2.75) is 25.8 Å². The highest BCUT2D eigenvalue weighted by molar-refractivity contribution is 7.58. The number of carbonyl (C=O) groups is 2. The van der Waals surface area contributed by atoms with E-state index in [1.54, 1.807) is 18.2 Å². The molecule has 2 aliphatic rings. The molecule has 21 heavy (non-hydrogen) atoms. The van der Waals surface area contributed by atoms with Gasteiger partial charge in [0.15, 0.2) is 0 Å². The predicted octanol–water partition coefficient (Wildman–Crippen LogP) is 2.74. The van der Waals surface area contributed by atoms with Crippen molar-refractivity contribution in [3.63, 3.8) is 0 Å². The molecule has 1 amide bonds. The SMILES string of the molecule is CC1CCN(C(=O)c2ccc3c(c2)N=S=N3)C(C(=O)O)C1. The third kappa shape index (κ3) is 2.61. The van der Waals surface area contributed by atoms with E-state index in [0.717, 1.165) is 23.5 Å². The lowest BCUT2D eigenvalue weighted by molar-refractivity contribution is -0.144. The van der Waals surface area contributed by atoms with Crippen LogP contribution in [0.25, 0.3) is 0 Å². The third-order valence-corrected chi connectivity index (χ3v) is 4.47. The van der Waals surface area contributed by atoms with Crippen LogP contribution in [0.2, 0.25) is 0 Å². The summed E-state index contributed by atoms with van der Waals surface area (Å²) in [6.07, 6.45) is 1.33. The summed E-state index contributed by atoms with van der Waals surface area (Å²) >= 11 is 1.10. The first-order chi connectivity index (χ1) is 10.1. The Bertz CT molecular complexity index is 682. The van der Waals surface area contributed by atoms with Gasteiger partial charge in [0.1, 0.15) is 17.4 Å². The largest absolute Gasteiger partial charge is 0.480 e. The molecule has 0 bridgehead atoms. The number of likely N-dealkylation sites (tertiary alicyclic amines) is 1. The number of nitrogens with zero attached hydrogens (tertiary/aromatic N) is 3. The molecule has 110 valence electrons. The van der Waals surface area contributed by atoms with E-state index in [1.165, 1.54) is 4.90 Å². The van der Waals surface area contributed by atoms with E-state index in [0.29, 0.717) is 30.1 Å². The quantitative estimate of drug-likeness (QED) is 0.926. The number of carbonyl (C=O) groups excluding carboxylic acids is 1. The Morgan fingerprint density at radius 1 is 1.33 bits per heavy atom. The molecule has 1 aromatic carbocycles. The number of rotatable bonds is 2. The molecule has 0 aromatic heterocycles. The normalized spacial score (nSPS) is 23.6. The molecule has 7 heteroatoms. The summed E-state index contributed by atoms with van der Waals surface area (Å²) in [5.74, 6) is -0.865. The van der Waals surface area contributed by atoms with Gasteiger partial charge in [-0.05, 0) is 37.0 Å². The molecular weight excluding hydrogens is 290 g/mol. The highest BCUT2D eigenvalue weighted by atomic mass is 32.1. The van der Waals surface area contributed by atoms with E-state index in [4.69, 9.17) is 0 Å². The maximum atomic E-state index is 12.6. The summed E-state index contributed by atoms with van der Waals surface area (Å²) < 4.78 is 8.21. The van der Waals surface area contributed by atoms with Gasteiger partial charge in [0.2, 0.25) is 0 Å². The van der Waals surface area contributed by atoms with Crippen LogP contribution in [-0.4, -0.2) is 34.5 Å². The maximum absolute atomic E-state index is 12.6. The number of carboxylic acids is 1. The molecule has 1 saturated heterocycles. The van der Waals surface area contributed by atoms with Crippen molar-refractivity contribution in [2.75, 3.05) is 6.54 Å². The summed E-state index contributed by atoms with van der Waals surface area (Å²) in [5.41, 5.74) is 1.89. The lowest BCUT2D eigenvalue weighted by Crippen LogP contribution is -2.49. The second kappa shape index (κ2) is 5.40. The Morgan fingerprint density at radius 2 is 2.10 bits per heavy atom. The summed E-state index contributed by atoms with van der Waals surface area (Å²) in [5, 5.41) is 9.35. The molecule has 0 radical (unpaired) electrons. The summed E-state index contributed by atoms with van der Waals surface area (Å²) in [7, 11) is 0. The lowest BCUT2D eigenvalue weighted by atomic mass is 9.92. The van der Waals surface area contributed by atoms with E-state index in [2.05, 4.69) is 8.73 Å². The van der Waals surface area contributed by atoms with Crippen molar-refractivity contribution in [3.8, 4) is 0 Å². The number of piperidine rings is 1. The molecule has 1 aromatic rings. The smallest absolute Gasteiger partial charge is 0.326 e. The van der Waals surface area contributed by atoms with Crippen LogP contribution in [0.5, 0.6) is 0 Å². The van der Waals surface area contributed by atoms with Crippen LogP contribution in [0.4, 0.5) is 11.4 Å². The van der Waals surface area contributed by atoms with Crippen molar-refractivity contribution < 1.29 is 14.7 Å². The zero-order valence-corrected chi connectivity index (χ0v) is 12.3. The average Bonchev–Trinajstić information content (AvgIpc) is 2.93. The molecule has 1 N–H and O–H groups in total. The Kier molecular flexibility index (Phi) is 3.59. The summed E-state index contributed by atoms with van der Waals surface area (Å²) in [4.78, 5) is 25.5. The van der Waals surface area contributed by atoms with Crippen LogP contribution >= 0.6 is 0 Å². The van der Waals surface area contributed by atoms with Gasteiger partial charge >= 0.3 is 5.97 Å². The van der Waals surface area contributed by atoms with Crippen molar-refractivity contribution in [1.82, 2.24) is 4.90 Å². The highest BCUT2D eigenvalue weighted by Crippen LogP contribution is 2.33. The molecule has 2 heterocycles. The molecule has 2 atom stereocenters. The molecule has 2 unspecified atom stereocenters.